The number of ether oxygens (including phenoxy) is 2. The number of aryl methyl sites for hydroxylation is 2. The summed E-state index contributed by atoms with van der Waals surface area (Å²) in [5, 5.41) is 15.7. The summed E-state index contributed by atoms with van der Waals surface area (Å²) in [5.74, 6) is 0.630. The first kappa shape index (κ1) is 23.1. The van der Waals surface area contributed by atoms with Crippen LogP contribution in [0.3, 0.4) is 0 Å². The van der Waals surface area contributed by atoms with Crippen LogP contribution in [-0.4, -0.2) is 50.9 Å². The fourth-order valence-electron chi connectivity index (χ4n) is 3.71. The predicted octanol–water partition coefficient (Wildman–Crippen LogP) is 3.70. The van der Waals surface area contributed by atoms with Gasteiger partial charge in [0, 0.05) is 24.7 Å². The van der Waals surface area contributed by atoms with Gasteiger partial charge in [0.15, 0.2) is 5.79 Å². The minimum Gasteiger partial charge on any atom is -0.420 e. The number of rotatable bonds is 8. The van der Waals surface area contributed by atoms with E-state index in [-0.39, 0.29) is 12.0 Å². The Balaban J connectivity index is 1.55. The second kappa shape index (κ2) is 9.44. The number of carbonyl (C=O) groups excluding carboxylic acids is 1. The third-order valence-corrected chi connectivity index (χ3v) is 5.42. The Morgan fingerprint density at radius 3 is 2.76 bits per heavy atom. The Bertz CT molecular complexity index is 1120. The van der Waals surface area contributed by atoms with Gasteiger partial charge in [-0.05, 0) is 56.9 Å². The minimum atomic E-state index is -0.615. The highest BCUT2D eigenvalue weighted by atomic mass is 16.7. The van der Waals surface area contributed by atoms with Crippen LogP contribution in [0.1, 0.15) is 56.1 Å². The van der Waals surface area contributed by atoms with Gasteiger partial charge in [0.05, 0.1) is 12.3 Å². The average Bonchev–Trinajstić information content (AvgIpc) is 3.48. The number of carbonyl (C=O) groups is 1. The first-order valence-corrected chi connectivity index (χ1v) is 11.3. The van der Waals surface area contributed by atoms with Crippen LogP contribution in [0.2, 0.25) is 0 Å². The van der Waals surface area contributed by atoms with Gasteiger partial charge in [0.25, 0.3) is 11.8 Å². The second-order valence-corrected chi connectivity index (χ2v) is 9.20. The highest BCUT2D eigenvalue weighted by Gasteiger charge is 2.32. The summed E-state index contributed by atoms with van der Waals surface area (Å²) in [5.41, 5.74) is 2.98. The number of nitrogens with one attached hydrogen (secondary N) is 1. The van der Waals surface area contributed by atoms with Crippen LogP contribution < -0.4 is 5.32 Å². The molecule has 0 spiro atoms. The fraction of sp³-hybridized carbons (Fsp3) is 0.500. The average molecular weight is 454 g/mol. The van der Waals surface area contributed by atoms with Gasteiger partial charge in [-0.3, -0.25) is 4.79 Å². The first-order valence-electron chi connectivity index (χ1n) is 11.3. The lowest BCUT2D eigenvalue weighted by Gasteiger charge is -2.17. The Morgan fingerprint density at radius 1 is 1.27 bits per heavy atom. The number of nitrogens with zero attached hydrogens (tertiary/aromatic N) is 4. The summed E-state index contributed by atoms with van der Waals surface area (Å²) < 4.78 is 18.7. The largest absolute Gasteiger partial charge is 0.420 e. The Labute approximate surface area is 193 Å². The SMILES string of the molecule is Cc1nnc(-c2cc(CCC(C)C)n(-c3cccc(C(=O)NC[C@@H]4COC(C)(C)O4)c3)n2)o1. The highest BCUT2D eigenvalue weighted by molar-refractivity contribution is 5.94. The molecular weight excluding hydrogens is 422 g/mol. The molecule has 1 aliphatic rings. The van der Waals surface area contributed by atoms with Crippen molar-refractivity contribution in [3.8, 4) is 17.3 Å². The van der Waals surface area contributed by atoms with Gasteiger partial charge in [-0.15, -0.1) is 10.2 Å². The van der Waals surface area contributed by atoms with Gasteiger partial charge in [0.1, 0.15) is 11.8 Å². The van der Waals surface area contributed by atoms with Crippen LogP contribution in [0.5, 0.6) is 0 Å². The number of hydrogen-bond acceptors (Lipinski definition) is 7. The second-order valence-electron chi connectivity index (χ2n) is 9.20. The zero-order chi connectivity index (χ0) is 23.6. The summed E-state index contributed by atoms with van der Waals surface area (Å²) in [7, 11) is 0. The van der Waals surface area contributed by atoms with Gasteiger partial charge in [-0.2, -0.15) is 5.10 Å². The van der Waals surface area contributed by atoms with E-state index in [1.54, 1.807) is 13.0 Å². The molecule has 4 rings (SSSR count). The van der Waals surface area contributed by atoms with E-state index < -0.39 is 5.79 Å². The molecule has 1 N–H and O–H groups in total. The van der Waals surface area contributed by atoms with E-state index in [9.17, 15) is 4.79 Å². The van der Waals surface area contributed by atoms with Crippen LogP contribution in [0.15, 0.2) is 34.7 Å². The lowest BCUT2D eigenvalue weighted by Crippen LogP contribution is -2.34. The van der Waals surface area contributed by atoms with Crippen molar-refractivity contribution in [3.63, 3.8) is 0 Å². The monoisotopic (exact) mass is 453 g/mol. The molecule has 1 saturated heterocycles. The van der Waals surface area contributed by atoms with Crippen molar-refractivity contribution in [1.29, 1.82) is 0 Å². The first-order chi connectivity index (χ1) is 15.7. The molecule has 1 amide bonds. The van der Waals surface area contributed by atoms with Gasteiger partial charge in [-0.1, -0.05) is 19.9 Å². The summed E-state index contributed by atoms with van der Waals surface area (Å²) in [6.07, 6.45) is 1.68. The molecule has 1 atom stereocenters. The Hall–Kier alpha value is -3.04. The Morgan fingerprint density at radius 2 is 2.09 bits per heavy atom. The van der Waals surface area contributed by atoms with Crippen LogP contribution in [0, 0.1) is 12.8 Å². The quantitative estimate of drug-likeness (QED) is 0.554. The molecule has 0 unspecified atom stereocenters. The van der Waals surface area contributed by atoms with Crippen molar-refractivity contribution in [2.24, 2.45) is 5.92 Å². The standard InChI is InChI=1S/C24H31N5O4/c1-15(2)9-10-19-12-21(23-27-26-16(3)32-23)28-29(19)18-8-6-7-17(11-18)22(30)25-13-20-14-31-24(4,5)33-20/h6-8,11-12,15,20H,9-10,13-14H2,1-5H3,(H,25,30)/t20-/m1/s1. The van der Waals surface area contributed by atoms with E-state index in [0.29, 0.717) is 42.1 Å². The lowest BCUT2D eigenvalue weighted by atomic mass is 10.1. The molecule has 1 fully saturated rings. The molecule has 2 aromatic heterocycles. The van der Waals surface area contributed by atoms with Crippen LogP contribution in [0.4, 0.5) is 0 Å². The van der Waals surface area contributed by atoms with Crippen molar-refractivity contribution in [3.05, 3.63) is 47.5 Å². The van der Waals surface area contributed by atoms with E-state index in [1.807, 2.05) is 42.8 Å². The third kappa shape index (κ3) is 5.66. The smallest absolute Gasteiger partial charge is 0.268 e. The molecule has 9 heteroatoms. The third-order valence-electron chi connectivity index (χ3n) is 5.42. The Kier molecular flexibility index (Phi) is 6.62. The van der Waals surface area contributed by atoms with Gasteiger partial charge >= 0.3 is 0 Å². The maximum absolute atomic E-state index is 12.8. The van der Waals surface area contributed by atoms with E-state index in [2.05, 4.69) is 29.4 Å². The van der Waals surface area contributed by atoms with E-state index in [0.717, 1.165) is 24.2 Å². The summed E-state index contributed by atoms with van der Waals surface area (Å²) in [4.78, 5) is 12.8. The van der Waals surface area contributed by atoms with E-state index in [4.69, 9.17) is 19.0 Å². The molecule has 0 radical (unpaired) electrons. The molecule has 0 aliphatic carbocycles. The lowest BCUT2D eigenvalue weighted by molar-refractivity contribution is -0.137. The molecule has 0 saturated carbocycles. The molecule has 9 nitrogen and oxygen atoms in total. The fourth-order valence-corrected chi connectivity index (χ4v) is 3.71. The molecule has 176 valence electrons. The van der Waals surface area contributed by atoms with E-state index >= 15 is 0 Å². The molecule has 1 aliphatic heterocycles. The van der Waals surface area contributed by atoms with Crippen molar-refractivity contribution < 1.29 is 18.7 Å². The molecule has 3 heterocycles. The number of aromatic nitrogens is 4. The van der Waals surface area contributed by atoms with Crippen molar-refractivity contribution in [2.75, 3.05) is 13.2 Å². The van der Waals surface area contributed by atoms with E-state index in [1.165, 1.54) is 0 Å². The van der Waals surface area contributed by atoms with Crippen LogP contribution in [0.25, 0.3) is 17.3 Å². The summed E-state index contributed by atoms with van der Waals surface area (Å²) >= 11 is 0. The van der Waals surface area contributed by atoms with Gasteiger partial charge < -0.3 is 19.2 Å². The normalized spacial score (nSPS) is 17.6. The van der Waals surface area contributed by atoms with Gasteiger partial charge in [-0.25, -0.2) is 4.68 Å². The maximum atomic E-state index is 12.8. The number of amides is 1. The van der Waals surface area contributed by atoms with Crippen LogP contribution >= 0.6 is 0 Å². The summed E-state index contributed by atoms with van der Waals surface area (Å²) in [6.45, 7) is 10.7. The topological polar surface area (TPSA) is 104 Å². The zero-order valence-electron chi connectivity index (χ0n) is 19.8. The van der Waals surface area contributed by atoms with Crippen LogP contribution in [-0.2, 0) is 15.9 Å². The predicted molar refractivity (Wildman–Crippen MR) is 122 cm³/mol. The van der Waals surface area contributed by atoms with Crippen molar-refractivity contribution in [1.82, 2.24) is 25.3 Å². The maximum Gasteiger partial charge on any atom is 0.268 e. The molecule has 3 aromatic rings. The molecular formula is C24H31N5O4. The zero-order valence-corrected chi connectivity index (χ0v) is 19.8. The summed E-state index contributed by atoms with van der Waals surface area (Å²) in [6, 6.07) is 9.38. The molecule has 0 bridgehead atoms. The molecule has 1 aromatic carbocycles. The minimum absolute atomic E-state index is 0.165. The number of hydrogen-bond donors (Lipinski definition) is 1. The number of benzene rings is 1. The van der Waals surface area contributed by atoms with Gasteiger partial charge in [0.2, 0.25) is 5.89 Å². The van der Waals surface area contributed by atoms with Crippen molar-refractivity contribution in [2.45, 2.75) is 59.4 Å². The highest BCUT2D eigenvalue weighted by Crippen LogP contribution is 2.24. The van der Waals surface area contributed by atoms with Crippen molar-refractivity contribution >= 4 is 5.91 Å². The molecule has 33 heavy (non-hydrogen) atoms.